The van der Waals surface area contributed by atoms with Gasteiger partial charge in [-0.15, -0.1) is 0 Å². The van der Waals surface area contributed by atoms with Crippen molar-refractivity contribution in [1.29, 1.82) is 0 Å². The largest absolute Gasteiger partial charge is 0.334 e. The van der Waals surface area contributed by atoms with Crippen molar-refractivity contribution in [2.45, 2.75) is 51.5 Å². The molecule has 0 spiro atoms. The van der Waals surface area contributed by atoms with Crippen molar-refractivity contribution in [3.8, 4) is 0 Å². The van der Waals surface area contributed by atoms with Gasteiger partial charge in [-0.25, -0.2) is 0 Å². The van der Waals surface area contributed by atoms with Gasteiger partial charge in [0.1, 0.15) is 0 Å². The molecule has 1 aromatic heterocycles. The van der Waals surface area contributed by atoms with Gasteiger partial charge in [-0.3, -0.25) is 9.48 Å². The first kappa shape index (κ1) is 18.2. The summed E-state index contributed by atoms with van der Waals surface area (Å²) < 4.78 is 1.80. The molecule has 144 valence electrons. The van der Waals surface area contributed by atoms with Crippen LogP contribution in [0.1, 0.15) is 71.3 Å². The molecule has 0 saturated carbocycles. The van der Waals surface area contributed by atoms with E-state index >= 15 is 0 Å². The van der Waals surface area contributed by atoms with Crippen LogP contribution in [0.4, 0.5) is 0 Å². The number of aryl methyl sites for hydroxylation is 1. The lowest BCUT2D eigenvalue weighted by Crippen LogP contribution is -2.37. The lowest BCUT2D eigenvalue weighted by molar-refractivity contribution is 0.0732. The van der Waals surface area contributed by atoms with Crippen LogP contribution >= 0.6 is 0 Å². The zero-order chi connectivity index (χ0) is 19.0. The molecule has 3 heterocycles. The Morgan fingerprint density at radius 2 is 2.19 bits per heavy atom. The molecule has 27 heavy (non-hydrogen) atoms. The van der Waals surface area contributed by atoms with E-state index in [0.717, 1.165) is 50.2 Å². The minimum atomic E-state index is 0.129. The second-order valence-corrected chi connectivity index (χ2v) is 8.26. The maximum absolute atomic E-state index is 13.4. The molecule has 1 fully saturated rings. The second-order valence-electron chi connectivity index (χ2n) is 8.26. The fourth-order valence-corrected chi connectivity index (χ4v) is 4.58. The van der Waals surface area contributed by atoms with Crippen molar-refractivity contribution in [3.63, 3.8) is 0 Å². The van der Waals surface area contributed by atoms with E-state index in [1.54, 1.807) is 4.68 Å². The summed E-state index contributed by atoms with van der Waals surface area (Å²) in [6.07, 6.45) is 5.09. The molecule has 0 bridgehead atoms. The van der Waals surface area contributed by atoms with Crippen molar-refractivity contribution in [2.75, 3.05) is 19.6 Å². The summed E-state index contributed by atoms with van der Waals surface area (Å²) in [4.78, 5) is 15.4. The van der Waals surface area contributed by atoms with Gasteiger partial charge < -0.3 is 10.2 Å². The van der Waals surface area contributed by atoms with Crippen molar-refractivity contribution < 1.29 is 4.79 Å². The number of nitrogens with zero attached hydrogens (tertiary/aromatic N) is 3. The summed E-state index contributed by atoms with van der Waals surface area (Å²) in [6, 6.07) is 6.54. The molecule has 0 radical (unpaired) electrons. The molecule has 5 heteroatoms. The quantitative estimate of drug-likeness (QED) is 0.907. The Labute approximate surface area is 161 Å². The smallest absolute Gasteiger partial charge is 0.257 e. The van der Waals surface area contributed by atoms with E-state index in [1.807, 2.05) is 18.1 Å². The van der Waals surface area contributed by atoms with Crippen molar-refractivity contribution in [1.82, 2.24) is 20.0 Å². The molecule has 2 aliphatic heterocycles. The van der Waals surface area contributed by atoms with Crippen molar-refractivity contribution in [2.24, 2.45) is 7.05 Å². The van der Waals surface area contributed by atoms with Crippen LogP contribution in [-0.2, 0) is 20.0 Å². The third kappa shape index (κ3) is 3.53. The summed E-state index contributed by atoms with van der Waals surface area (Å²) in [5.74, 6) is 0.985. The van der Waals surface area contributed by atoms with E-state index in [9.17, 15) is 4.79 Å². The maximum atomic E-state index is 13.4. The van der Waals surface area contributed by atoms with E-state index in [2.05, 4.69) is 42.5 Å². The summed E-state index contributed by atoms with van der Waals surface area (Å²) in [5.41, 5.74) is 5.92. The highest BCUT2D eigenvalue weighted by molar-refractivity contribution is 5.95. The Morgan fingerprint density at radius 3 is 2.93 bits per heavy atom. The fourth-order valence-electron chi connectivity index (χ4n) is 4.58. The maximum Gasteiger partial charge on any atom is 0.257 e. The first-order valence-corrected chi connectivity index (χ1v) is 10.2. The number of aromatic nitrogens is 2. The van der Waals surface area contributed by atoms with E-state index in [1.165, 1.54) is 16.7 Å². The number of carbonyl (C=O) groups excluding carboxylic acids is 1. The van der Waals surface area contributed by atoms with Gasteiger partial charge in [0.05, 0.1) is 11.3 Å². The third-order valence-corrected chi connectivity index (χ3v) is 5.98. The summed E-state index contributed by atoms with van der Waals surface area (Å²) in [5, 5.41) is 8.10. The number of fused-ring (bicyclic) bond motifs is 1. The first-order chi connectivity index (χ1) is 13.0. The number of amides is 1. The fraction of sp³-hybridized carbons (Fsp3) is 0.545. The Bertz CT molecular complexity index is 833. The van der Waals surface area contributed by atoms with Gasteiger partial charge in [0, 0.05) is 38.8 Å². The predicted octanol–water partition coefficient (Wildman–Crippen LogP) is 3.21. The number of hydrogen-bond acceptors (Lipinski definition) is 3. The number of hydrogen-bond donors (Lipinski definition) is 1. The molecule has 2 aromatic rings. The molecule has 1 amide bonds. The van der Waals surface area contributed by atoms with Crippen LogP contribution < -0.4 is 5.32 Å². The monoisotopic (exact) mass is 366 g/mol. The molecule has 1 atom stereocenters. The predicted molar refractivity (Wildman–Crippen MR) is 107 cm³/mol. The van der Waals surface area contributed by atoms with Gasteiger partial charge in [0.2, 0.25) is 0 Å². The Kier molecular flexibility index (Phi) is 5.04. The van der Waals surface area contributed by atoms with Crippen LogP contribution in [0.25, 0.3) is 0 Å². The van der Waals surface area contributed by atoms with E-state index in [4.69, 9.17) is 0 Å². The van der Waals surface area contributed by atoms with Crippen molar-refractivity contribution >= 4 is 5.91 Å². The average Bonchev–Trinajstić information content (AvgIpc) is 3.08. The third-order valence-electron chi connectivity index (χ3n) is 5.98. The van der Waals surface area contributed by atoms with Gasteiger partial charge in [0.15, 0.2) is 0 Å². The van der Waals surface area contributed by atoms with Crippen LogP contribution in [0, 0.1) is 0 Å². The molecule has 1 unspecified atom stereocenters. The zero-order valence-corrected chi connectivity index (χ0v) is 16.7. The number of rotatable bonds is 3. The minimum Gasteiger partial charge on any atom is -0.334 e. The molecule has 5 nitrogen and oxygen atoms in total. The molecule has 1 N–H and O–H groups in total. The molecule has 4 rings (SSSR count). The molecular weight excluding hydrogens is 336 g/mol. The summed E-state index contributed by atoms with van der Waals surface area (Å²) in [7, 11) is 1.91. The summed E-state index contributed by atoms with van der Waals surface area (Å²) >= 11 is 0. The minimum absolute atomic E-state index is 0.129. The SMILES string of the molecule is CC(C)c1cccc2c1CCN(C(=O)c1cn(C)nc1C1CCCNC1)C2. The van der Waals surface area contributed by atoms with Crippen LogP contribution in [0.2, 0.25) is 0 Å². The highest BCUT2D eigenvalue weighted by Crippen LogP contribution is 2.30. The van der Waals surface area contributed by atoms with Crippen LogP contribution in [0.3, 0.4) is 0 Å². The van der Waals surface area contributed by atoms with E-state index in [0.29, 0.717) is 18.4 Å². The van der Waals surface area contributed by atoms with Crippen molar-refractivity contribution in [3.05, 3.63) is 52.3 Å². The van der Waals surface area contributed by atoms with Crippen LogP contribution in [0.5, 0.6) is 0 Å². The average molecular weight is 367 g/mol. The van der Waals surface area contributed by atoms with Gasteiger partial charge in [0.25, 0.3) is 5.91 Å². The standard InChI is InChI=1S/C22H30N4O/c1-15(2)18-8-4-6-17-13-26(11-9-19(17)18)22(27)20-14-25(3)24-21(20)16-7-5-10-23-12-16/h4,6,8,14-16,23H,5,7,9-13H2,1-3H3. The Hall–Kier alpha value is -2.14. The topological polar surface area (TPSA) is 50.2 Å². The molecular formula is C22H30N4O. The molecule has 2 aliphatic rings. The van der Waals surface area contributed by atoms with Gasteiger partial charge >= 0.3 is 0 Å². The summed E-state index contributed by atoms with van der Waals surface area (Å²) in [6.45, 7) is 7.95. The van der Waals surface area contributed by atoms with Gasteiger partial charge in [-0.1, -0.05) is 32.0 Å². The van der Waals surface area contributed by atoms with Crippen LogP contribution in [-0.4, -0.2) is 40.2 Å². The van der Waals surface area contributed by atoms with E-state index < -0.39 is 0 Å². The van der Waals surface area contributed by atoms with E-state index in [-0.39, 0.29) is 5.91 Å². The highest BCUT2D eigenvalue weighted by atomic mass is 16.2. The zero-order valence-electron chi connectivity index (χ0n) is 16.7. The number of piperidine rings is 1. The second kappa shape index (κ2) is 7.47. The van der Waals surface area contributed by atoms with Gasteiger partial charge in [-0.05, 0) is 48.4 Å². The highest BCUT2D eigenvalue weighted by Gasteiger charge is 2.29. The van der Waals surface area contributed by atoms with Gasteiger partial charge in [-0.2, -0.15) is 5.10 Å². The molecule has 0 aliphatic carbocycles. The lowest BCUT2D eigenvalue weighted by Gasteiger charge is -2.31. The normalized spacial score (nSPS) is 20.0. The first-order valence-electron chi connectivity index (χ1n) is 10.2. The molecule has 1 aromatic carbocycles. The molecule has 1 saturated heterocycles. The number of nitrogens with one attached hydrogen (secondary N) is 1. The Balaban J connectivity index is 1.59. The lowest BCUT2D eigenvalue weighted by atomic mass is 9.88. The number of benzene rings is 1. The number of carbonyl (C=O) groups is 1. The van der Waals surface area contributed by atoms with Crippen LogP contribution in [0.15, 0.2) is 24.4 Å². The Morgan fingerprint density at radius 1 is 1.33 bits per heavy atom.